The molecule has 1 aromatic carbocycles. The van der Waals surface area contributed by atoms with Crippen molar-refractivity contribution < 1.29 is 14.3 Å². The first-order chi connectivity index (χ1) is 10.6. The van der Waals surface area contributed by atoms with Crippen molar-refractivity contribution in [2.45, 2.75) is 12.8 Å². The molecule has 1 aromatic rings. The number of nitrogens with zero attached hydrogens (tertiary/aromatic N) is 1. The van der Waals surface area contributed by atoms with Gasteiger partial charge in [-0.2, -0.15) is 0 Å². The van der Waals surface area contributed by atoms with Crippen LogP contribution in [0.15, 0.2) is 18.2 Å². The minimum absolute atomic E-state index is 0.0621. The van der Waals surface area contributed by atoms with Crippen molar-refractivity contribution in [1.82, 2.24) is 10.2 Å². The van der Waals surface area contributed by atoms with Gasteiger partial charge in [0.1, 0.15) is 5.75 Å². The summed E-state index contributed by atoms with van der Waals surface area (Å²) in [7, 11) is 3.44. The molecule has 0 radical (unpaired) electrons. The highest BCUT2D eigenvalue weighted by Gasteiger charge is 2.19. The lowest BCUT2D eigenvalue weighted by Crippen LogP contribution is -2.40. The van der Waals surface area contributed by atoms with Crippen LogP contribution in [0, 0.1) is 5.92 Å². The summed E-state index contributed by atoms with van der Waals surface area (Å²) < 4.78 is 10.6. The molecule has 0 aliphatic carbocycles. The first-order valence-corrected chi connectivity index (χ1v) is 7.87. The number of nitrogens with one attached hydrogen (secondary N) is 1. The van der Waals surface area contributed by atoms with Crippen molar-refractivity contribution >= 4 is 17.6 Å². The Hall–Kier alpha value is -1.46. The maximum absolute atomic E-state index is 12.1. The minimum Gasteiger partial charge on any atom is -0.496 e. The van der Waals surface area contributed by atoms with E-state index in [4.69, 9.17) is 21.1 Å². The highest BCUT2D eigenvalue weighted by molar-refractivity contribution is 6.30. The van der Waals surface area contributed by atoms with Crippen LogP contribution in [-0.2, 0) is 11.2 Å². The summed E-state index contributed by atoms with van der Waals surface area (Å²) >= 11 is 6.00. The molecule has 1 fully saturated rings. The van der Waals surface area contributed by atoms with E-state index in [2.05, 4.69) is 5.32 Å². The van der Waals surface area contributed by atoms with Crippen molar-refractivity contribution in [3.8, 4) is 5.75 Å². The van der Waals surface area contributed by atoms with E-state index in [1.54, 1.807) is 18.1 Å². The predicted molar refractivity (Wildman–Crippen MR) is 86.7 cm³/mol. The molecule has 2 rings (SSSR count). The van der Waals surface area contributed by atoms with E-state index < -0.39 is 0 Å². The molecule has 1 unspecified atom stereocenters. The number of hydrogen-bond acceptors (Lipinski definition) is 3. The molecule has 6 heteroatoms. The minimum atomic E-state index is -0.0621. The van der Waals surface area contributed by atoms with Gasteiger partial charge in [-0.15, -0.1) is 0 Å². The topological polar surface area (TPSA) is 50.8 Å². The fourth-order valence-corrected chi connectivity index (χ4v) is 2.77. The van der Waals surface area contributed by atoms with Gasteiger partial charge in [0.2, 0.25) is 0 Å². The van der Waals surface area contributed by atoms with Crippen LogP contribution in [0.25, 0.3) is 0 Å². The number of methoxy groups -OCH3 is 1. The van der Waals surface area contributed by atoms with Crippen LogP contribution >= 0.6 is 11.6 Å². The van der Waals surface area contributed by atoms with Crippen LogP contribution in [0.4, 0.5) is 4.79 Å². The van der Waals surface area contributed by atoms with E-state index in [1.807, 2.05) is 19.2 Å². The van der Waals surface area contributed by atoms with E-state index in [1.165, 1.54) is 0 Å². The van der Waals surface area contributed by atoms with Crippen molar-refractivity contribution in [3.63, 3.8) is 0 Å². The van der Waals surface area contributed by atoms with Crippen molar-refractivity contribution in [2.75, 3.05) is 40.5 Å². The molecule has 1 heterocycles. The monoisotopic (exact) mass is 326 g/mol. The van der Waals surface area contributed by atoms with Gasteiger partial charge in [-0.1, -0.05) is 11.6 Å². The lowest BCUT2D eigenvalue weighted by Gasteiger charge is -2.21. The van der Waals surface area contributed by atoms with Crippen molar-refractivity contribution in [3.05, 3.63) is 28.8 Å². The van der Waals surface area contributed by atoms with Crippen LogP contribution in [0.2, 0.25) is 5.02 Å². The standard InChI is InChI=1S/C16H23ClN2O3/c1-19(10-12-6-8-22-11-12)16(20)18-7-5-13-9-14(17)3-4-15(13)21-2/h3-4,9,12H,5-8,10-11H2,1-2H3,(H,18,20). The third-order valence-electron chi connectivity index (χ3n) is 3.82. The van der Waals surface area contributed by atoms with Gasteiger partial charge < -0.3 is 19.7 Å². The Labute approximate surface area is 136 Å². The highest BCUT2D eigenvalue weighted by atomic mass is 35.5. The van der Waals surface area contributed by atoms with Crippen LogP contribution in [0.1, 0.15) is 12.0 Å². The average molecular weight is 327 g/mol. The highest BCUT2D eigenvalue weighted by Crippen LogP contribution is 2.22. The van der Waals surface area contributed by atoms with E-state index >= 15 is 0 Å². The zero-order chi connectivity index (χ0) is 15.9. The molecular weight excluding hydrogens is 304 g/mol. The molecule has 1 aliphatic heterocycles. The maximum Gasteiger partial charge on any atom is 0.317 e. The molecule has 122 valence electrons. The summed E-state index contributed by atoms with van der Waals surface area (Å²) in [4.78, 5) is 13.8. The molecule has 1 atom stereocenters. The van der Waals surface area contributed by atoms with Crippen molar-refractivity contribution in [2.24, 2.45) is 5.92 Å². The first-order valence-electron chi connectivity index (χ1n) is 7.49. The van der Waals surface area contributed by atoms with E-state index in [0.717, 1.165) is 37.5 Å². The molecule has 0 aromatic heterocycles. The summed E-state index contributed by atoms with van der Waals surface area (Å²) in [5.41, 5.74) is 0.988. The number of hydrogen-bond donors (Lipinski definition) is 1. The van der Waals surface area contributed by atoms with Crippen LogP contribution < -0.4 is 10.1 Å². The van der Waals surface area contributed by atoms with E-state index in [-0.39, 0.29) is 6.03 Å². The SMILES string of the molecule is COc1ccc(Cl)cc1CCNC(=O)N(C)CC1CCOC1. The van der Waals surface area contributed by atoms with Gasteiger partial charge in [-0.3, -0.25) is 0 Å². The second-order valence-corrected chi connectivity index (χ2v) is 5.98. The van der Waals surface area contributed by atoms with Gasteiger partial charge in [-0.25, -0.2) is 4.79 Å². The van der Waals surface area contributed by atoms with Crippen molar-refractivity contribution in [1.29, 1.82) is 0 Å². The maximum atomic E-state index is 12.1. The Morgan fingerprint density at radius 3 is 3.05 bits per heavy atom. The summed E-state index contributed by atoms with van der Waals surface area (Å²) in [5.74, 6) is 1.24. The Balaban J connectivity index is 1.77. The number of urea groups is 1. The zero-order valence-electron chi connectivity index (χ0n) is 13.1. The molecule has 1 saturated heterocycles. The molecule has 2 amide bonds. The average Bonchev–Trinajstić information content (AvgIpc) is 3.00. The molecular formula is C16H23ClN2O3. The van der Waals surface area contributed by atoms with Gasteiger partial charge in [0.25, 0.3) is 0 Å². The quantitative estimate of drug-likeness (QED) is 0.874. The number of carbonyl (C=O) groups is 1. The summed E-state index contributed by atoms with van der Waals surface area (Å²) in [6, 6.07) is 5.44. The number of benzene rings is 1. The molecule has 0 bridgehead atoms. The lowest BCUT2D eigenvalue weighted by atomic mass is 10.1. The first kappa shape index (κ1) is 16.9. The second-order valence-electron chi connectivity index (χ2n) is 5.55. The molecule has 1 N–H and O–H groups in total. The number of amides is 2. The number of carbonyl (C=O) groups excluding carboxylic acids is 1. The molecule has 22 heavy (non-hydrogen) atoms. The number of rotatable bonds is 6. The molecule has 0 spiro atoms. The fraction of sp³-hybridized carbons (Fsp3) is 0.562. The Kier molecular flexibility index (Phi) is 6.34. The summed E-state index contributed by atoms with van der Waals surface area (Å²) in [5, 5.41) is 3.59. The van der Waals surface area contributed by atoms with Gasteiger partial charge in [-0.05, 0) is 36.6 Å². The molecule has 1 aliphatic rings. The third-order valence-corrected chi connectivity index (χ3v) is 4.05. The number of ether oxygens (including phenoxy) is 2. The molecule has 0 saturated carbocycles. The van der Waals surface area contributed by atoms with Gasteiger partial charge >= 0.3 is 6.03 Å². The van der Waals surface area contributed by atoms with E-state index in [9.17, 15) is 4.79 Å². The van der Waals surface area contributed by atoms with Gasteiger partial charge in [0.15, 0.2) is 0 Å². The predicted octanol–water partition coefficient (Wildman–Crippen LogP) is 2.57. The second kappa shape index (κ2) is 8.25. The van der Waals surface area contributed by atoms with E-state index in [0.29, 0.717) is 23.9 Å². The Morgan fingerprint density at radius 2 is 2.36 bits per heavy atom. The van der Waals surface area contributed by atoms with Gasteiger partial charge in [0, 0.05) is 37.7 Å². The van der Waals surface area contributed by atoms with Crippen LogP contribution in [0.3, 0.4) is 0 Å². The van der Waals surface area contributed by atoms with Crippen LogP contribution in [-0.4, -0.2) is 51.4 Å². The zero-order valence-corrected chi connectivity index (χ0v) is 13.9. The Bertz CT molecular complexity index is 504. The largest absolute Gasteiger partial charge is 0.496 e. The van der Waals surface area contributed by atoms with Crippen LogP contribution in [0.5, 0.6) is 5.75 Å². The number of halogens is 1. The van der Waals surface area contributed by atoms with Gasteiger partial charge in [0.05, 0.1) is 13.7 Å². The summed E-state index contributed by atoms with van der Waals surface area (Å²) in [6.07, 6.45) is 1.70. The smallest absolute Gasteiger partial charge is 0.317 e. The third kappa shape index (κ3) is 4.78. The fourth-order valence-electron chi connectivity index (χ4n) is 2.58. The Morgan fingerprint density at radius 1 is 1.55 bits per heavy atom. The normalized spacial score (nSPS) is 17.3. The molecule has 5 nitrogen and oxygen atoms in total. The lowest BCUT2D eigenvalue weighted by molar-refractivity contribution is 0.171. The summed E-state index contributed by atoms with van der Waals surface area (Å²) in [6.45, 7) is 2.82.